The minimum absolute atomic E-state index is 0.0892. The van der Waals surface area contributed by atoms with E-state index in [1.807, 2.05) is 0 Å². The fourth-order valence-electron chi connectivity index (χ4n) is 4.07. The van der Waals surface area contributed by atoms with Crippen molar-refractivity contribution >= 4 is 22.1 Å². The van der Waals surface area contributed by atoms with E-state index >= 15 is 0 Å². The Morgan fingerprint density at radius 3 is 2.30 bits per heavy atom. The number of sulfone groups is 1. The molecule has 1 fully saturated rings. The Bertz CT molecular complexity index is 1270. The number of hydrogen-bond donors (Lipinski definition) is 0. The van der Waals surface area contributed by atoms with Crippen molar-refractivity contribution in [2.75, 3.05) is 18.1 Å². The molecule has 1 aromatic heterocycles. The molecule has 176 valence electrons. The largest absolute Gasteiger partial charge is 0.280 e. The van der Waals surface area contributed by atoms with Crippen LogP contribution in [0.4, 0.5) is 8.78 Å². The van der Waals surface area contributed by atoms with E-state index in [2.05, 4.69) is 11.8 Å². The summed E-state index contributed by atoms with van der Waals surface area (Å²) in [6.45, 7) is 3.15. The fraction of sp³-hybridized carbons (Fsp3) is 0.391. The molecule has 4 rings (SSSR count). The van der Waals surface area contributed by atoms with Crippen molar-refractivity contribution in [3.63, 3.8) is 0 Å². The molecule has 3 aromatic rings. The van der Waals surface area contributed by atoms with E-state index in [4.69, 9.17) is 17.3 Å². The van der Waals surface area contributed by atoms with Crippen LogP contribution in [0.1, 0.15) is 26.2 Å². The zero-order chi connectivity index (χ0) is 23.6. The van der Waals surface area contributed by atoms with E-state index in [1.165, 1.54) is 24.3 Å². The van der Waals surface area contributed by atoms with E-state index in [1.54, 1.807) is 33.5 Å². The molecule has 0 bridgehead atoms. The van der Waals surface area contributed by atoms with E-state index in [0.717, 1.165) is 19.4 Å². The van der Waals surface area contributed by atoms with Gasteiger partial charge in [0.1, 0.15) is 11.6 Å². The molecule has 0 saturated carbocycles. The van der Waals surface area contributed by atoms with Gasteiger partial charge in [0.05, 0.1) is 23.9 Å². The Balaban J connectivity index is 1.76. The highest BCUT2D eigenvalue weighted by molar-refractivity contribution is 7.91. The van der Waals surface area contributed by atoms with Crippen LogP contribution in [0.2, 0.25) is 0 Å². The number of benzene rings is 2. The summed E-state index contributed by atoms with van der Waals surface area (Å²) in [6.07, 6.45) is 2.49. The van der Waals surface area contributed by atoms with Gasteiger partial charge in [0, 0.05) is 18.2 Å². The van der Waals surface area contributed by atoms with Gasteiger partial charge in [-0.2, -0.15) is 0 Å². The monoisotopic (exact) mass is 492 g/mol. The standard InChI is InChI=1S/C23H26F2N4O2S2/c1-2-3-13-27(21-12-14-33(30,31)15-21)16-28-23(32)29(20-10-8-19(25)9-11-20)22(26-28)17-4-6-18(24)7-5-17/h4-11,21H,2-3,12-16H2,1H3. The molecule has 33 heavy (non-hydrogen) atoms. The van der Waals surface area contributed by atoms with Crippen LogP contribution in [-0.4, -0.2) is 51.8 Å². The molecule has 1 atom stereocenters. The first-order valence-electron chi connectivity index (χ1n) is 10.9. The van der Waals surface area contributed by atoms with Crippen LogP contribution < -0.4 is 0 Å². The number of rotatable bonds is 8. The van der Waals surface area contributed by atoms with Gasteiger partial charge in [0.15, 0.2) is 15.7 Å². The van der Waals surface area contributed by atoms with Gasteiger partial charge < -0.3 is 0 Å². The summed E-state index contributed by atoms with van der Waals surface area (Å²) in [4.78, 5) is 2.13. The maximum atomic E-state index is 13.5. The summed E-state index contributed by atoms with van der Waals surface area (Å²) in [7, 11) is -3.04. The number of aromatic nitrogens is 3. The van der Waals surface area contributed by atoms with E-state index < -0.39 is 9.84 Å². The second-order valence-electron chi connectivity index (χ2n) is 8.29. The van der Waals surface area contributed by atoms with Crippen molar-refractivity contribution in [2.45, 2.75) is 38.9 Å². The Morgan fingerprint density at radius 1 is 1.09 bits per heavy atom. The van der Waals surface area contributed by atoms with Crippen molar-refractivity contribution in [3.05, 3.63) is 64.9 Å². The highest BCUT2D eigenvalue weighted by Crippen LogP contribution is 2.25. The van der Waals surface area contributed by atoms with Crippen LogP contribution in [-0.2, 0) is 16.5 Å². The summed E-state index contributed by atoms with van der Waals surface area (Å²) < 4.78 is 55.0. The van der Waals surface area contributed by atoms with Gasteiger partial charge in [0.25, 0.3) is 0 Å². The van der Waals surface area contributed by atoms with E-state index in [0.29, 0.717) is 34.9 Å². The molecule has 1 aliphatic heterocycles. The molecule has 2 aromatic carbocycles. The first-order valence-corrected chi connectivity index (χ1v) is 13.2. The lowest BCUT2D eigenvalue weighted by Gasteiger charge is -2.27. The highest BCUT2D eigenvalue weighted by Gasteiger charge is 2.32. The van der Waals surface area contributed by atoms with Crippen molar-refractivity contribution in [2.24, 2.45) is 0 Å². The second kappa shape index (κ2) is 9.82. The van der Waals surface area contributed by atoms with Crippen molar-refractivity contribution < 1.29 is 17.2 Å². The van der Waals surface area contributed by atoms with Crippen LogP contribution in [0, 0.1) is 16.4 Å². The lowest BCUT2D eigenvalue weighted by Crippen LogP contribution is -2.38. The van der Waals surface area contributed by atoms with Crippen molar-refractivity contribution in [1.29, 1.82) is 0 Å². The third-order valence-electron chi connectivity index (χ3n) is 5.87. The van der Waals surface area contributed by atoms with Gasteiger partial charge >= 0.3 is 0 Å². The molecular weight excluding hydrogens is 466 g/mol. The van der Waals surface area contributed by atoms with Gasteiger partial charge in [-0.05, 0) is 73.6 Å². The number of halogens is 2. The molecule has 2 heterocycles. The highest BCUT2D eigenvalue weighted by atomic mass is 32.2. The van der Waals surface area contributed by atoms with Crippen molar-refractivity contribution in [1.82, 2.24) is 19.2 Å². The minimum atomic E-state index is -3.04. The zero-order valence-corrected chi connectivity index (χ0v) is 20.0. The maximum absolute atomic E-state index is 13.5. The summed E-state index contributed by atoms with van der Waals surface area (Å²) in [5.74, 6) is 0.0953. The molecule has 10 heteroatoms. The average Bonchev–Trinajstić information content (AvgIpc) is 3.31. The second-order valence-corrected chi connectivity index (χ2v) is 10.9. The molecule has 1 aliphatic rings. The molecule has 6 nitrogen and oxygen atoms in total. The fourth-order valence-corrected chi connectivity index (χ4v) is 6.13. The van der Waals surface area contributed by atoms with Crippen LogP contribution >= 0.6 is 12.2 Å². The Morgan fingerprint density at radius 2 is 1.73 bits per heavy atom. The van der Waals surface area contributed by atoms with Crippen molar-refractivity contribution in [3.8, 4) is 17.1 Å². The van der Waals surface area contributed by atoms with Crippen LogP contribution in [0.5, 0.6) is 0 Å². The van der Waals surface area contributed by atoms with E-state index in [9.17, 15) is 17.2 Å². The minimum Gasteiger partial charge on any atom is -0.280 e. The molecule has 0 radical (unpaired) electrons. The molecular formula is C23H26F2N4O2S2. The third-order valence-corrected chi connectivity index (χ3v) is 8.01. The normalized spacial score (nSPS) is 17.6. The topological polar surface area (TPSA) is 60.1 Å². The zero-order valence-electron chi connectivity index (χ0n) is 18.3. The number of hydrogen-bond acceptors (Lipinski definition) is 5. The van der Waals surface area contributed by atoms with Gasteiger partial charge in [-0.3, -0.25) is 9.47 Å². The summed E-state index contributed by atoms with van der Waals surface area (Å²) in [6, 6.07) is 11.8. The molecule has 0 aliphatic carbocycles. The van der Waals surface area contributed by atoms with Gasteiger partial charge in [-0.25, -0.2) is 21.9 Å². The molecule has 1 unspecified atom stereocenters. The predicted molar refractivity (Wildman–Crippen MR) is 126 cm³/mol. The van der Waals surface area contributed by atoms with Gasteiger partial charge in [-0.15, -0.1) is 5.10 Å². The molecule has 1 saturated heterocycles. The average molecular weight is 493 g/mol. The summed E-state index contributed by atoms with van der Waals surface area (Å²) in [5.41, 5.74) is 1.30. The molecule has 0 amide bonds. The Hall–Kier alpha value is -2.43. The number of unbranched alkanes of at least 4 members (excludes halogenated alkanes) is 1. The first kappa shape index (κ1) is 23.7. The molecule has 0 spiro atoms. The quantitative estimate of drug-likeness (QED) is 0.431. The summed E-state index contributed by atoms with van der Waals surface area (Å²) >= 11 is 5.75. The lowest BCUT2D eigenvalue weighted by molar-refractivity contribution is 0.152. The lowest BCUT2D eigenvalue weighted by atomic mass is 10.2. The van der Waals surface area contributed by atoms with E-state index in [-0.39, 0.29) is 29.2 Å². The maximum Gasteiger partial charge on any atom is 0.204 e. The SMILES string of the molecule is CCCCN(Cn1nc(-c2ccc(F)cc2)n(-c2ccc(F)cc2)c1=S)C1CCS(=O)(=O)C1. The molecule has 0 N–H and O–H groups in total. The predicted octanol–water partition coefficient (Wildman–Crippen LogP) is 4.60. The first-order chi connectivity index (χ1) is 15.8. The third kappa shape index (κ3) is 5.39. The Kier molecular flexibility index (Phi) is 7.06. The van der Waals surface area contributed by atoms with Gasteiger partial charge in [0.2, 0.25) is 4.77 Å². The van der Waals surface area contributed by atoms with Gasteiger partial charge in [-0.1, -0.05) is 13.3 Å². The van der Waals surface area contributed by atoms with Crippen LogP contribution in [0.3, 0.4) is 0 Å². The van der Waals surface area contributed by atoms with Crippen LogP contribution in [0.15, 0.2) is 48.5 Å². The number of nitrogens with zero attached hydrogens (tertiary/aromatic N) is 4. The Labute approximate surface area is 197 Å². The summed E-state index contributed by atoms with van der Waals surface area (Å²) in [5, 5.41) is 4.73. The van der Waals surface area contributed by atoms with Crippen LogP contribution in [0.25, 0.3) is 17.1 Å². The smallest absolute Gasteiger partial charge is 0.204 e.